The Morgan fingerprint density at radius 2 is 1.95 bits per heavy atom. The standard InChI is InChI=1S/C16H20FNO3/c1-2-21-15(20)14-5-3-13(4-6-14)11-18-9-7-16(17,12-19)8-10-18/h3-6,12H,2,7-11H2,1H3. The van der Waals surface area contributed by atoms with Crippen LogP contribution in [0.3, 0.4) is 0 Å². The van der Waals surface area contributed by atoms with Gasteiger partial charge in [0.05, 0.1) is 12.2 Å². The van der Waals surface area contributed by atoms with Crippen LogP contribution in [0.2, 0.25) is 0 Å². The number of likely N-dealkylation sites (tertiary alicyclic amines) is 1. The predicted octanol–water partition coefficient (Wildman–Crippen LogP) is 2.37. The minimum atomic E-state index is -1.65. The number of nitrogens with zero attached hydrogens (tertiary/aromatic N) is 1. The van der Waals surface area contributed by atoms with Gasteiger partial charge in [0.25, 0.3) is 0 Å². The van der Waals surface area contributed by atoms with E-state index in [1.807, 2.05) is 12.1 Å². The second kappa shape index (κ2) is 6.80. The lowest BCUT2D eigenvalue weighted by Gasteiger charge is -2.33. The number of aldehydes is 1. The predicted molar refractivity (Wildman–Crippen MR) is 76.8 cm³/mol. The number of carbonyl (C=O) groups is 2. The molecule has 0 aromatic heterocycles. The zero-order valence-electron chi connectivity index (χ0n) is 12.2. The first-order chi connectivity index (χ1) is 10.1. The van der Waals surface area contributed by atoms with Crippen molar-refractivity contribution in [1.82, 2.24) is 4.90 Å². The molecule has 0 N–H and O–H groups in total. The summed E-state index contributed by atoms with van der Waals surface area (Å²) in [4.78, 5) is 24.3. The summed E-state index contributed by atoms with van der Waals surface area (Å²) < 4.78 is 18.7. The first kappa shape index (κ1) is 15.6. The summed E-state index contributed by atoms with van der Waals surface area (Å²) in [6, 6.07) is 7.23. The number of rotatable bonds is 5. The first-order valence-electron chi connectivity index (χ1n) is 7.20. The van der Waals surface area contributed by atoms with Crippen LogP contribution >= 0.6 is 0 Å². The number of piperidine rings is 1. The highest BCUT2D eigenvalue weighted by atomic mass is 19.1. The highest BCUT2D eigenvalue weighted by molar-refractivity contribution is 5.89. The van der Waals surface area contributed by atoms with Crippen molar-refractivity contribution in [2.24, 2.45) is 0 Å². The lowest BCUT2D eigenvalue weighted by molar-refractivity contribution is -0.120. The molecular formula is C16H20FNO3. The van der Waals surface area contributed by atoms with Gasteiger partial charge in [-0.1, -0.05) is 12.1 Å². The largest absolute Gasteiger partial charge is 0.462 e. The van der Waals surface area contributed by atoms with E-state index in [0.29, 0.717) is 38.1 Å². The zero-order valence-corrected chi connectivity index (χ0v) is 12.2. The van der Waals surface area contributed by atoms with Crippen molar-refractivity contribution in [3.05, 3.63) is 35.4 Å². The Bertz CT molecular complexity index is 493. The van der Waals surface area contributed by atoms with Crippen molar-refractivity contribution in [2.75, 3.05) is 19.7 Å². The van der Waals surface area contributed by atoms with E-state index in [1.54, 1.807) is 19.1 Å². The first-order valence-corrected chi connectivity index (χ1v) is 7.20. The summed E-state index contributed by atoms with van der Waals surface area (Å²) in [6.07, 6.45) is 0.924. The molecule has 0 amide bonds. The minimum absolute atomic E-state index is 0.247. The van der Waals surface area contributed by atoms with Gasteiger partial charge in [-0.25, -0.2) is 9.18 Å². The van der Waals surface area contributed by atoms with Gasteiger partial charge in [-0.15, -0.1) is 0 Å². The fraction of sp³-hybridized carbons (Fsp3) is 0.500. The van der Waals surface area contributed by atoms with Crippen LogP contribution in [-0.2, 0) is 16.1 Å². The molecule has 0 atom stereocenters. The Labute approximate surface area is 123 Å². The molecule has 0 aliphatic carbocycles. The van der Waals surface area contributed by atoms with Crippen LogP contribution in [-0.4, -0.2) is 42.5 Å². The molecule has 5 heteroatoms. The molecule has 0 unspecified atom stereocenters. The van der Waals surface area contributed by atoms with E-state index in [0.717, 1.165) is 5.56 Å². The lowest BCUT2D eigenvalue weighted by atomic mass is 9.95. The van der Waals surface area contributed by atoms with Crippen LogP contribution in [0.1, 0.15) is 35.7 Å². The van der Waals surface area contributed by atoms with Gasteiger partial charge >= 0.3 is 5.97 Å². The van der Waals surface area contributed by atoms with Crippen molar-refractivity contribution >= 4 is 12.3 Å². The Morgan fingerprint density at radius 3 is 2.48 bits per heavy atom. The molecule has 1 aromatic rings. The van der Waals surface area contributed by atoms with Crippen molar-refractivity contribution in [3.63, 3.8) is 0 Å². The number of halogens is 1. The number of carbonyl (C=O) groups excluding carboxylic acids is 2. The SMILES string of the molecule is CCOC(=O)c1ccc(CN2CCC(F)(C=O)CC2)cc1. The van der Waals surface area contributed by atoms with Crippen molar-refractivity contribution in [1.29, 1.82) is 0 Å². The summed E-state index contributed by atoms with van der Waals surface area (Å²) in [5.41, 5.74) is -0.0620. The van der Waals surface area contributed by atoms with E-state index in [4.69, 9.17) is 4.74 Å². The third-order valence-electron chi connectivity index (χ3n) is 3.77. The third-order valence-corrected chi connectivity index (χ3v) is 3.77. The minimum Gasteiger partial charge on any atom is -0.462 e. The van der Waals surface area contributed by atoms with E-state index in [1.165, 1.54) is 0 Å². The topological polar surface area (TPSA) is 46.6 Å². The summed E-state index contributed by atoms with van der Waals surface area (Å²) >= 11 is 0. The molecule has 1 saturated heterocycles. The fourth-order valence-corrected chi connectivity index (χ4v) is 2.42. The molecule has 21 heavy (non-hydrogen) atoms. The average molecular weight is 293 g/mol. The van der Waals surface area contributed by atoms with E-state index in [9.17, 15) is 14.0 Å². The second-order valence-electron chi connectivity index (χ2n) is 5.35. The molecule has 1 aromatic carbocycles. The Morgan fingerprint density at radius 1 is 1.33 bits per heavy atom. The van der Waals surface area contributed by atoms with E-state index in [2.05, 4.69) is 4.90 Å². The number of benzene rings is 1. The van der Waals surface area contributed by atoms with Crippen LogP contribution in [0.4, 0.5) is 4.39 Å². The second-order valence-corrected chi connectivity index (χ2v) is 5.35. The number of esters is 1. The van der Waals surface area contributed by atoms with E-state index >= 15 is 0 Å². The molecule has 4 nitrogen and oxygen atoms in total. The molecule has 2 rings (SSSR count). The number of hydrogen-bond donors (Lipinski definition) is 0. The highest BCUT2D eigenvalue weighted by Gasteiger charge is 2.33. The van der Waals surface area contributed by atoms with Crippen LogP contribution in [0.25, 0.3) is 0 Å². The smallest absolute Gasteiger partial charge is 0.338 e. The Balaban J connectivity index is 1.90. The molecule has 1 heterocycles. The maximum Gasteiger partial charge on any atom is 0.338 e. The molecule has 0 bridgehead atoms. The molecule has 0 radical (unpaired) electrons. The Hall–Kier alpha value is -1.75. The molecule has 114 valence electrons. The quantitative estimate of drug-likeness (QED) is 0.617. The summed E-state index contributed by atoms with van der Waals surface area (Å²) in [7, 11) is 0. The maximum absolute atomic E-state index is 13.8. The molecule has 1 aliphatic heterocycles. The zero-order chi connectivity index (χ0) is 15.3. The molecule has 0 spiro atoms. The average Bonchev–Trinajstić information content (AvgIpc) is 2.51. The highest BCUT2D eigenvalue weighted by Crippen LogP contribution is 2.25. The molecule has 0 saturated carbocycles. The maximum atomic E-state index is 13.8. The Kier molecular flexibility index (Phi) is 5.07. The van der Waals surface area contributed by atoms with Crippen LogP contribution < -0.4 is 0 Å². The van der Waals surface area contributed by atoms with Gasteiger partial charge in [0.1, 0.15) is 0 Å². The molecule has 1 fully saturated rings. The normalized spacial score (nSPS) is 18.2. The van der Waals surface area contributed by atoms with Gasteiger partial charge in [-0.05, 0) is 24.6 Å². The summed E-state index contributed by atoms with van der Waals surface area (Å²) in [6.45, 7) is 3.95. The number of hydrogen-bond acceptors (Lipinski definition) is 4. The fourth-order valence-electron chi connectivity index (χ4n) is 2.42. The lowest BCUT2D eigenvalue weighted by Crippen LogP contribution is -2.42. The van der Waals surface area contributed by atoms with Crippen molar-refractivity contribution < 1.29 is 18.7 Å². The van der Waals surface area contributed by atoms with Gasteiger partial charge in [0.2, 0.25) is 0 Å². The molecular weight excluding hydrogens is 273 g/mol. The third kappa shape index (κ3) is 4.11. The van der Waals surface area contributed by atoms with Crippen molar-refractivity contribution in [2.45, 2.75) is 32.0 Å². The van der Waals surface area contributed by atoms with Crippen LogP contribution in [0.5, 0.6) is 0 Å². The number of ether oxygens (including phenoxy) is 1. The molecule has 1 aliphatic rings. The van der Waals surface area contributed by atoms with E-state index < -0.39 is 5.67 Å². The van der Waals surface area contributed by atoms with Gasteiger partial charge in [0, 0.05) is 32.5 Å². The van der Waals surface area contributed by atoms with Gasteiger partial charge < -0.3 is 4.74 Å². The van der Waals surface area contributed by atoms with Crippen LogP contribution in [0, 0.1) is 0 Å². The van der Waals surface area contributed by atoms with E-state index in [-0.39, 0.29) is 18.8 Å². The van der Waals surface area contributed by atoms with Gasteiger partial charge in [-0.3, -0.25) is 9.69 Å². The number of alkyl halides is 1. The van der Waals surface area contributed by atoms with Crippen molar-refractivity contribution in [3.8, 4) is 0 Å². The van der Waals surface area contributed by atoms with Gasteiger partial charge in [0.15, 0.2) is 12.0 Å². The monoisotopic (exact) mass is 293 g/mol. The van der Waals surface area contributed by atoms with Gasteiger partial charge in [-0.2, -0.15) is 0 Å². The summed E-state index contributed by atoms with van der Waals surface area (Å²) in [5, 5.41) is 0. The van der Waals surface area contributed by atoms with Crippen LogP contribution in [0.15, 0.2) is 24.3 Å². The summed E-state index contributed by atoms with van der Waals surface area (Å²) in [5.74, 6) is -0.324.